The fourth-order valence-corrected chi connectivity index (χ4v) is 6.02. The highest BCUT2D eigenvalue weighted by molar-refractivity contribution is 9.09. The van der Waals surface area contributed by atoms with E-state index in [1.54, 1.807) is 0 Å². The molecule has 1 heterocycles. The Morgan fingerprint density at radius 1 is 1.12 bits per heavy atom. The van der Waals surface area contributed by atoms with Gasteiger partial charge in [-0.25, -0.2) is 8.42 Å². The maximum Gasteiger partial charge on any atom is 0.154 e. The molecule has 2 rings (SSSR count). The molecule has 1 aliphatic heterocycles. The topological polar surface area (TPSA) is 43.4 Å². The number of rotatable bonds is 2. The molecule has 0 bridgehead atoms. The van der Waals surface area contributed by atoms with Crippen LogP contribution in [0.4, 0.5) is 0 Å². The van der Waals surface area contributed by atoms with Gasteiger partial charge in [0, 0.05) is 0 Å². The van der Waals surface area contributed by atoms with Crippen LogP contribution in [-0.2, 0) is 14.6 Å². The van der Waals surface area contributed by atoms with Crippen LogP contribution in [0.2, 0.25) is 0 Å². The number of hydrogen-bond donors (Lipinski definition) is 0. The zero-order valence-electron chi connectivity index (χ0n) is 9.56. The summed E-state index contributed by atoms with van der Waals surface area (Å²) in [5.74, 6) is 0.974. The highest BCUT2D eigenvalue weighted by atomic mass is 79.9. The highest BCUT2D eigenvalue weighted by Gasteiger charge is 2.39. The smallest absolute Gasteiger partial charge is 0.154 e. The first-order valence-corrected chi connectivity index (χ1v) is 8.71. The SMILES string of the molecule is CC1CCCCC1OC1CS(=O)(=O)CC1Br. The van der Waals surface area contributed by atoms with Gasteiger partial charge in [0.05, 0.1) is 28.5 Å². The molecule has 1 aliphatic carbocycles. The molecule has 3 nitrogen and oxygen atoms in total. The summed E-state index contributed by atoms with van der Waals surface area (Å²) in [6.07, 6.45) is 4.89. The second-order valence-electron chi connectivity index (χ2n) is 5.07. The van der Waals surface area contributed by atoms with E-state index < -0.39 is 9.84 Å². The summed E-state index contributed by atoms with van der Waals surface area (Å²) in [5.41, 5.74) is 0. The van der Waals surface area contributed by atoms with Gasteiger partial charge in [-0.15, -0.1) is 0 Å². The molecule has 0 spiro atoms. The highest BCUT2D eigenvalue weighted by Crippen LogP contribution is 2.31. The minimum Gasteiger partial charge on any atom is -0.372 e. The number of halogens is 1. The van der Waals surface area contributed by atoms with Crippen LogP contribution in [0.1, 0.15) is 32.6 Å². The van der Waals surface area contributed by atoms with E-state index in [1.807, 2.05) is 0 Å². The van der Waals surface area contributed by atoms with E-state index in [4.69, 9.17) is 4.74 Å². The van der Waals surface area contributed by atoms with Crippen molar-refractivity contribution in [1.29, 1.82) is 0 Å². The fourth-order valence-electron chi connectivity index (χ4n) is 2.61. The Bertz CT molecular complexity index is 341. The summed E-state index contributed by atoms with van der Waals surface area (Å²) < 4.78 is 28.9. The lowest BCUT2D eigenvalue weighted by Gasteiger charge is -2.31. The maximum atomic E-state index is 11.5. The number of hydrogen-bond acceptors (Lipinski definition) is 3. The van der Waals surface area contributed by atoms with E-state index in [-0.39, 0.29) is 28.5 Å². The number of sulfone groups is 1. The second-order valence-corrected chi connectivity index (χ2v) is 8.40. The van der Waals surface area contributed by atoms with Gasteiger partial charge in [-0.2, -0.15) is 0 Å². The third-order valence-corrected chi connectivity index (χ3v) is 6.66. The Kier molecular flexibility index (Phi) is 3.97. The van der Waals surface area contributed by atoms with E-state index >= 15 is 0 Å². The van der Waals surface area contributed by atoms with Gasteiger partial charge in [-0.1, -0.05) is 35.7 Å². The lowest BCUT2D eigenvalue weighted by molar-refractivity contribution is -0.0416. The van der Waals surface area contributed by atoms with E-state index in [0.29, 0.717) is 5.92 Å². The summed E-state index contributed by atoms with van der Waals surface area (Å²) in [6, 6.07) is 0. The number of alkyl halides is 1. The lowest BCUT2D eigenvalue weighted by Crippen LogP contribution is -2.34. The van der Waals surface area contributed by atoms with Crippen molar-refractivity contribution >= 4 is 25.8 Å². The lowest BCUT2D eigenvalue weighted by atomic mass is 9.88. The van der Waals surface area contributed by atoms with Gasteiger partial charge in [0.2, 0.25) is 0 Å². The predicted molar refractivity (Wildman–Crippen MR) is 67.7 cm³/mol. The molecular weight excluding hydrogens is 292 g/mol. The van der Waals surface area contributed by atoms with Crippen LogP contribution in [0.25, 0.3) is 0 Å². The molecule has 16 heavy (non-hydrogen) atoms. The van der Waals surface area contributed by atoms with Gasteiger partial charge in [0.25, 0.3) is 0 Å². The molecule has 0 aromatic carbocycles. The number of ether oxygens (including phenoxy) is 1. The largest absolute Gasteiger partial charge is 0.372 e. The Morgan fingerprint density at radius 2 is 1.81 bits per heavy atom. The Morgan fingerprint density at radius 3 is 2.38 bits per heavy atom. The molecule has 0 N–H and O–H groups in total. The Balaban J connectivity index is 1.94. The van der Waals surface area contributed by atoms with Crippen molar-refractivity contribution in [3.05, 3.63) is 0 Å². The van der Waals surface area contributed by atoms with Gasteiger partial charge in [-0.05, 0) is 18.8 Å². The summed E-state index contributed by atoms with van der Waals surface area (Å²) >= 11 is 3.42. The van der Waals surface area contributed by atoms with Crippen LogP contribution in [0.3, 0.4) is 0 Å². The molecule has 4 atom stereocenters. The Labute approximate surface area is 106 Å². The molecular formula is C11H19BrO3S. The molecule has 0 radical (unpaired) electrons. The molecule has 4 unspecified atom stereocenters. The zero-order valence-corrected chi connectivity index (χ0v) is 12.0. The van der Waals surface area contributed by atoms with Gasteiger partial charge < -0.3 is 4.74 Å². The molecule has 0 aromatic rings. The van der Waals surface area contributed by atoms with Crippen LogP contribution in [-0.4, -0.2) is 37.0 Å². The van der Waals surface area contributed by atoms with E-state index in [9.17, 15) is 8.42 Å². The zero-order chi connectivity index (χ0) is 11.8. The molecule has 1 saturated carbocycles. The molecule has 94 valence electrons. The van der Waals surface area contributed by atoms with Crippen LogP contribution in [0, 0.1) is 5.92 Å². The van der Waals surface area contributed by atoms with Crippen LogP contribution < -0.4 is 0 Å². The maximum absolute atomic E-state index is 11.5. The molecule has 1 saturated heterocycles. The third kappa shape index (κ3) is 2.99. The average Bonchev–Trinajstić information content (AvgIpc) is 2.44. The molecule has 0 amide bonds. The molecule has 2 aliphatic rings. The fraction of sp³-hybridized carbons (Fsp3) is 1.00. The summed E-state index contributed by atoms with van der Waals surface area (Å²) in [7, 11) is -2.88. The van der Waals surface area contributed by atoms with Crippen molar-refractivity contribution in [1.82, 2.24) is 0 Å². The van der Waals surface area contributed by atoms with E-state index in [1.165, 1.54) is 19.3 Å². The third-order valence-electron chi connectivity index (χ3n) is 3.62. The van der Waals surface area contributed by atoms with Crippen LogP contribution in [0.15, 0.2) is 0 Å². The monoisotopic (exact) mass is 310 g/mol. The first-order chi connectivity index (χ1) is 7.48. The van der Waals surface area contributed by atoms with Crippen LogP contribution in [0.5, 0.6) is 0 Å². The van der Waals surface area contributed by atoms with Crippen molar-refractivity contribution in [2.24, 2.45) is 5.92 Å². The van der Waals surface area contributed by atoms with E-state index in [2.05, 4.69) is 22.9 Å². The Hall–Kier alpha value is 0.390. The standard InChI is InChI=1S/C11H19BrO3S/c1-8-4-2-3-5-10(8)15-11-7-16(13,14)6-9(11)12/h8-11H,2-7H2,1H3. The van der Waals surface area contributed by atoms with Gasteiger partial charge in [-0.3, -0.25) is 0 Å². The van der Waals surface area contributed by atoms with Crippen molar-refractivity contribution in [3.63, 3.8) is 0 Å². The van der Waals surface area contributed by atoms with Crippen molar-refractivity contribution in [2.75, 3.05) is 11.5 Å². The van der Waals surface area contributed by atoms with Gasteiger partial charge in [0.1, 0.15) is 0 Å². The minimum absolute atomic E-state index is 0.0216. The summed E-state index contributed by atoms with van der Waals surface area (Å²) in [5, 5.41) is 0. The van der Waals surface area contributed by atoms with E-state index in [0.717, 1.165) is 6.42 Å². The van der Waals surface area contributed by atoms with Gasteiger partial charge >= 0.3 is 0 Å². The molecule has 0 aromatic heterocycles. The summed E-state index contributed by atoms with van der Waals surface area (Å²) in [6.45, 7) is 2.20. The molecule has 2 fully saturated rings. The van der Waals surface area contributed by atoms with Crippen molar-refractivity contribution in [2.45, 2.75) is 49.6 Å². The van der Waals surface area contributed by atoms with Crippen LogP contribution >= 0.6 is 15.9 Å². The quantitative estimate of drug-likeness (QED) is 0.734. The minimum atomic E-state index is -2.88. The summed E-state index contributed by atoms with van der Waals surface area (Å²) in [4.78, 5) is -0.0216. The normalized spacial score (nSPS) is 43.4. The predicted octanol–water partition coefficient (Wildman–Crippen LogP) is 2.14. The first kappa shape index (κ1) is 12.8. The second kappa shape index (κ2) is 4.94. The van der Waals surface area contributed by atoms with Gasteiger partial charge in [0.15, 0.2) is 9.84 Å². The van der Waals surface area contributed by atoms with Crippen molar-refractivity contribution in [3.8, 4) is 0 Å². The molecule has 5 heteroatoms. The van der Waals surface area contributed by atoms with Crippen molar-refractivity contribution < 1.29 is 13.2 Å². The average molecular weight is 311 g/mol. The first-order valence-electron chi connectivity index (χ1n) is 5.98.